The van der Waals surface area contributed by atoms with E-state index in [0.29, 0.717) is 11.9 Å². The molecule has 0 aliphatic carbocycles. The summed E-state index contributed by atoms with van der Waals surface area (Å²) in [7, 11) is 0. The summed E-state index contributed by atoms with van der Waals surface area (Å²) in [5.74, 6) is 0.717. The number of carbonyl (C=O) groups excluding carboxylic acids is 1. The topological polar surface area (TPSA) is 66.9 Å². The number of nitrogens with one attached hydrogen (secondary N) is 2. The Kier molecular flexibility index (Phi) is 3.91. The number of aryl methyl sites for hydroxylation is 2. The van der Waals surface area contributed by atoms with Gasteiger partial charge in [0.25, 0.3) is 0 Å². The van der Waals surface area contributed by atoms with Crippen LogP contribution in [0, 0.1) is 19.8 Å². The van der Waals surface area contributed by atoms with Crippen LogP contribution in [0.5, 0.6) is 0 Å². The summed E-state index contributed by atoms with van der Waals surface area (Å²) in [5, 5.41) is 6.05. The van der Waals surface area contributed by atoms with Crippen molar-refractivity contribution in [2.75, 3.05) is 11.9 Å². The van der Waals surface area contributed by atoms with Gasteiger partial charge in [-0.1, -0.05) is 6.92 Å². The Bertz CT molecular complexity index is 426. The van der Waals surface area contributed by atoms with Crippen molar-refractivity contribution < 1.29 is 4.79 Å². The molecular formula is C13H20N4O. The standard InChI is InChI=1S/C13H20N4O/c1-8-5-4-6-14-11(8)12(18)17-13-15-9(2)7-10(3)16-13/h7-8,11,14H,4-6H2,1-3H3,(H,15,16,17,18). The van der Waals surface area contributed by atoms with Gasteiger partial charge in [0.2, 0.25) is 11.9 Å². The number of carbonyl (C=O) groups is 1. The number of anilines is 1. The van der Waals surface area contributed by atoms with Gasteiger partial charge < -0.3 is 5.32 Å². The first-order chi connectivity index (χ1) is 8.56. The predicted octanol–water partition coefficient (Wildman–Crippen LogP) is 1.42. The fourth-order valence-corrected chi connectivity index (χ4v) is 2.37. The van der Waals surface area contributed by atoms with Crippen molar-refractivity contribution in [3.8, 4) is 0 Å². The van der Waals surface area contributed by atoms with Crippen molar-refractivity contribution >= 4 is 11.9 Å². The Morgan fingerprint density at radius 2 is 2.06 bits per heavy atom. The van der Waals surface area contributed by atoms with E-state index in [4.69, 9.17) is 0 Å². The summed E-state index contributed by atoms with van der Waals surface area (Å²) in [4.78, 5) is 20.6. The third-order valence-electron chi connectivity index (χ3n) is 3.27. The molecule has 5 nitrogen and oxygen atoms in total. The highest BCUT2D eigenvalue weighted by Gasteiger charge is 2.27. The fourth-order valence-electron chi connectivity index (χ4n) is 2.37. The van der Waals surface area contributed by atoms with Crippen molar-refractivity contribution in [2.45, 2.75) is 39.7 Å². The molecule has 0 radical (unpaired) electrons. The molecule has 1 aromatic rings. The maximum absolute atomic E-state index is 12.1. The molecule has 1 amide bonds. The first-order valence-corrected chi connectivity index (χ1v) is 6.43. The van der Waals surface area contributed by atoms with Crippen molar-refractivity contribution in [2.24, 2.45) is 5.92 Å². The van der Waals surface area contributed by atoms with Gasteiger partial charge in [0.1, 0.15) is 0 Å². The van der Waals surface area contributed by atoms with Gasteiger partial charge in [0, 0.05) is 11.4 Å². The number of aromatic nitrogens is 2. The Hall–Kier alpha value is -1.49. The van der Waals surface area contributed by atoms with Crippen LogP contribution in [0.2, 0.25) is 0 Å². The molecule has 2 rings (SSSR count). The van der Waals surface area contributed by atoms with Crippen LogP contribution in [0.3, 0.4) is 0 Å². The van der Waals surface area contributed by atoms with Crippen LogP contribution in [0.15, 0.2) is 6.07 Å². The van der Waals surface area contributed by atoms with Gasteiger partial charge in [-0.2, -0.15) is 0 Å². The number of nitrogens with zero attached hydrogens (tertiary/aromatic N) is 2. The zero-order valence-corrected chi connectivity index (χ0v) is 11.2. The Morgan fingerprint density at radius 3 is 2.67 bits per heavy atom. The van der Waals surface area contributed by atoms with Crippen molar-refractivity contribution in [1.29, 1.82) is 0 Å². The third kappa shape index (κ3) is 3.04. The summed E-state index contributed by atoms with van der Waals surface area (Å²) in [5.41, 5.74) is 1.73. The smallest absolute Gasteiger partial charge is 0.244 e. The van der Waals surface area contributed by atoms with E-state index in [0.717, 1.165) is 30.8 Å². The van der Waals surface area contributed by atoms with Crippen LogP contribution in [0.4, 0.5) is 5.95 Å². The van der Waals surface area contributed by atoms with Crippen LogP contribution in [-0.4, -0.2) is 28.5 Å². The number of hydrogen-bond donors (Lipinski definition) is 2. The molecule has 0 aromatic carbocycles. The molecule has 2 unspecified atom stereocenters. The highest BCUT2D eigenvalue weighted by molar-refractivity contribution is 5.93. The Balaban J connectivity index is 2.06. The molecule has 18 heavy (non-hydrogen) atoms. The second kappa shape index (κ2) is 5.44. The lowest BCUT2D eigenvalue weighted by molar-refractivity contribution is -0.119. The lowest BCUT2D eigenvalue weighted by Crippen LogP contribution is -2.48. The first kappa shape index (κ1) is 13.0. The van der Waals surface area contributed by atoms with Crippen LogP contribution in [0.1, 0.15) is 31.2 Å². The summed E-state index contributed by atoms with van der Waals surface area (Å²) in [6.07, 6.45) is 2.21. The van der Waals surface area contributed by atoms with Crippen molar-refractivity contribution in [1.82, 2.24) is 15.3 Å². The molecule has 5 heteroatoms. The van der Waals surface area contributed by atoms with E-state index in [1.54, 1.807) is 0 Å². The van der Waals surface area contributed by atoms with Crippen molar-refractivity contribution in [3.05, 3.63) is 17.5 Å². The van der Waals surface area contributed by atoms with E-state index in [9.17, 15) is 4.79 Å². The summed E-state index contributed by atoms with van der Waals surface area (Å²) < 4.78 is 0. The van der Waals surface area contributed by atoms with Crippen LogP contribution in [-0.2, 0) is 4.79 Å². The fraction of sp³-hybridized carbons (Fsp3) is 0.615. The molecule has 2 heterocycles. The average Bonchev–Trinajstić information content (AvgIpc) is 2.27. The molecule has 1 aromatic heterocycles. The number of hydrogen-bond acceptors (Lipinski definition) is 4. The van der Waals surface area contributed by atoms with Gasteiger partial charge in [-0.25, -0.2) is 9.97 Å². The number of amides is 1. The quantitative estimate of drug-likeness (QED) is 0.830. The van der Waals surface area contributed by atoms with E-state index in [1.165, 1.54) is 0 Å². The average molecular weight is 248 g/mol. The summed E-state index contributed by atoms with van der Waals surface area (Å²) >= 11 is 0. The van der Waals surface area contributed by atoms with E-state index in [1.807, 2.05) is 19.9 Å². The maximum Gasteiger partial charge on any atom is 0.244 e. The minimum Gasteiger partial charge on any atom is -0.306 e. The van der Waals surface area contributed by atoms with Gasteiger partial charge in [0.15, 0.2) is 0 Å². The summed E-state index contributed by atoms with van der Waals surface area (Å²) in [6.45, 7) is 6.78. The molecule has 98 valence electrons. The van der Waals surface area contributed by atoms with E-state index in [2.05, 4.69) is 27.5 Å². The highest BCUT2D eigenvalue weighted by Crippen LogP contribution is 2.16. The molecular weight excluding hydrogens is 228 g/mol. The monoisotopic (exact) mass is 248 g/mol. The SMILES string of the molecule is Cc1cc(C)nc(NC(=O)C2NCCCC2C)n1. The van der Waals surface area contributed by atoms with E-state index < -0.39 is 0 Å². The molecule has 1 aliphatic heterocycles. The molecule has 0 spiro atoms. The number of piperidine rings is 1. The molecule has 0 bridgehead atoms. The third-order valence-corrected chi connectivity index (χ3v) is 3.27. The normalized spacial score (nSPS) is 23.7. The second-order valence-electron chi connectivity index (χ2n) is 5.01. The molecule has 1 fully saturated rings. The van der Waals surface area contributed by atoms with Crippen molar-refractivity contribution in [3.63, 3.8) is 0 Å². The van der Waals surface area contributed by atoms with E-state index >= 15 is 0 Å². The van der Waals surface area contributed by atoms with Gasteiger partial charge in [-0.15, -0.1) is 0 Å². The number of rotatable bonds is 2. The summed E-state index contributed by atoms with van der Waals surface area (Å²) in [6, 6.07) is 1.75. The van der Waals surface area contributed by atoms with Gasteiger partial charge in [-0.05, 0) is 45.2 Å². The van der Waals surface area contributed by atoms with Gasteiger partial charge >= 0.3 is 0 Å². The zero-order valence-electron chi connectivity index (χ0n) is 11.2. The minimum atomic E-state index is -0.136. The van der Waals surface area contributed by atoms with Gasteiger partial charge in [-0.3, -0.25) is 10.1 Å². The van der Waals surface area contributed by atoms with Crippen LogP contribution < -0.4 is 10.6 Å². The van der Waals surface area contributed by atoms with E-state index in [-0.39, 0.29) is 11.9 Å². The minimum absolute atomic E-state index is 0.0350. The predicted molar refractivity (Wildman–Crippen MR) is 70.3 cm³/mol. The highest BCUT2D eigenvalue weighted by atomic mass is 16.2. The zero-order chi connectivity index (χ0) is 13.1. The molecule has 2 atom stereocenters. The molecule has 0 saturated carbocycles. The largest absolute Gasteiger partial charge is 0.306 e. The Labute approximate surface area is 107 Å². The lowest BCUT2D eigenvalue weighted by atomic mass is 9.92. The van der Waals surface area contributed by atoms with Gasteiger partial charge in [0.05, 0.1) is 6.04 Å². The first-order valence-electron chi connectivity index (χ1n) is 6.43. The van der Waals surface area contributed by atoms with Crippen LogP contribution >= 0.6 is 0 Å². The Morgan fingerprint density at radius 1 is 1.39 bits per heavy atom. The second-order valence-corrected chi connectivity index (χ2v) is 5.01. The molecule has 1 aliphatic rings. The maximum atomic E-state index is 12.1. The lowest BCUT2D eigenvalue weighted by Gasteiger charge is -2.28. The molecule has 1 saturated heterocycles. The molecule has 2 N–H and O–H groups in total. The van der Waals surface area contributed by atoms with Crippen LogP contribution in [0.25, 0.3) is 0 Å².